The smallest absolute Gasteiger partial charge is 0.462 e. The molecule has 0 heterocycles. The Hall–Kier alpha value is -1.94. The van der Waals surface area contributed by atoms with E-state index >= 15 is 0 Å². The van der Waals surface area contributed by atoms with Gasteiger partial charge in [0.25, 0.3) is 0 Å². The van der Waals surface area contributed by atoms with Crippen molar-refractivity contribution in [2.45, 2.75) is 433 Å². The molecule has 0 aliphatic heterocycles. The van der Waals surface area contributed by atoms with E-state index in [1.807, 2.05) is 0 Å². The van der Waals surface area contributed by atoms with Crippen molar-refractivity contribution in [3.63, 3.8) is 0 Å². The Morgan fingerprint density at radius 2 is 0.480 bits per heavy atom. The van der Waals surface area contributed by atoms with Crippen LogP contribution < -0.4 is 0 Å². The molecule has 0 saturated heterocycles. The number of aliphatic hydroxyl groups excluding tert-OH is 1. The lowest BCUT2D eigenvalue weighted by molar-refractivity contribution is -0.161. The van der Waals surface area contributed by atoms with Crippen LogP contribution >= 0.6 is 15.6 Å². The summed E-state index contributed by atoms with van der Waals surface area (Å²) in [6.45, 7) is 14.3. The fourth-order valence-corrected chi connectivity index (χ4v) is 13.9. The third-order valence-corrected chi connectivity index (χ3v) is 21.4. The molecule has 3 N–H and O–H groups in total. The topological polar surface area (TPSA) is 237 Å². The van der Waals surface area contributed by atoms with Gasteiger partial charge in [0, 0.05) is 25.7 Å². The summed E-state index contributed by atoms with van der Waals surface area (Å²) in [5, 5.41) is 10.6. The summed E-state index contributed by atoms with van der Waals surface area (Å²) in [6.07, 6.45) is 56.8. The first-order valence-corrected chi connectivity index (χ1v) is 44.8. The lowest BCUT2D eigenvalue weighted by Crippen LogP contribution is -2.30. The van der Waals surface area contributed by atoms with E-state index in [2.05, 4.69) is 55.4 Å². The second kappa shape index (κ2) is 70.1. The average Bonchev–Trinajstić information content (AvgIpc) is 0.988. The molecule has 4 unspecified atom stereocenters. The van der Waals surface area contributed by atoms with E-state index in [1.165, 1.54) is 212 Å². The highest BCUT2D eigenvalue weighted by Crippen LogP contribution is 2.45. The molecule has 0 fully saturated rings. The molecule has 100 heavy (non-hydrogen) atoms. The standard InChI is InChI=1S/C81H158O17P2/c1-9-73(7)59-51-43-35-29-25-26-32-38-48-56-64-81(86)98-77(68-92-79(84)62-54-46-40-39-44-52-60-74(8)10-2)70-96-100(89,90)94-66-75(82)65-93-99(87,88)95-69-76(97-80(85)63-55-47-37-31-24-20-16-12-14-18-22-28-34-42-50-58-72(5)6)67-91-78(83)61-53-45-36-30-23-19-15-11-13-17-21-27-33-41-49-57-71(3)4/h71-77,82H,9-70H2,1-8H3,(H,87,88)(H,89,90)/t73?,74?,75-,76-,77-/m1/s1. The van der Waals surface area contributed by atoms with E-state index in [4.69, 9.17) is 37.0 Å². The van der Waals surface area contributed by atoms with Gasteiger partial charge in [-0.2, -0.15) is 0 Å². The molecule has 0 amide bonds. The Morgan fingerprint density at radius 1 is 0.280 bits per heavy atom. The second-order valence-electron chi connectivity index (χ2n) is 30.6. The molecule has 0 saturated carbocycles. The monoisotopic (exact) mass is 1470 g/mol. The van der Waals surface area contributed by atoms with Gasteiger partial charge in [0.05, 0.1) is 26.4 Å². The molecule has 19 heteroatoms. The van der Waals surface area contributed by atoms with E-state index in [1.54, 1.807) is 0 Å². The first-order chi connectivity index (χ1) is 48.2. The average molecular weight is 1470 g/mol. The Bertz CT molecular complexity index is 1960. The zero-order chi connectivity index (χ0) is 73.8. The van der Waals surface area contributed by atoms with E-state index in [9.17, 15) is 43.2 Å². The largest absolute Gasteiger partial charge is 0.472 e. The molecule has 0 bridgehead atoms. The van der Waals surface area contributed by atoms with Crippen molar-refractivity contribution < 1.29 is 80.2 Å². The number of rotatable bonds is 78. The molecule has 0 aliphatic carbocycles. The molecule has 0 aromatic rings. The van der Waals surface area contributed by atoms with Gasteiger partial charge in [-0.05, 0) is 49.4 Å². The summed E-state index contributed by atoms with van der Waals surface area (Å²) in [6, 6.07) is 0. The van der Waals surface area contributed by atoms with Gasteiger partial charge in [0.2, 0.25) is 0 Å². The van der Waals surface area contributed by atoms with Crippen LogP contribution in [-0.4, -0.2) is 96.7 Å². The number of phosphoric ester groups is 2. The highest BCUT2D eigenvalue weighted by molar-refractivity contribution is 7.47. The van der Waals surface area contributed by atoms with Crippen LogP contribution in [0.15, 0.2) is 0 Å². The van der Waals surface area contributed by atoms with Gasteiger partial charge < -0.3 is 33.8 Å². The summed E-state index contributed by atoms with van der Waals surface area (Å²) in [4.78, 5) is 73.0. The third kappa shape index (κ3) is 71.7. The number of unbranched alkanes of at least 4 members (excludes halogenated alkanes) is 42. The van der Waals surface area contributed by atoms with Crippen LogP contribution in [0.5, 0.6) is 0 Å². The van der Waals surface area contributed by atoms with Crippen molar-refractivity contribution in [3.8, 4) is 0 Å². The normalized spacial score (nSPS) is 14.6. The van der Waals surface area contributed by atoms with Gasteiger partial charge in [0.1, 0.15) is 19.3 Å². The number of hydrogen-bond donors (Lipinski definition) is 3. The number of phosphoric acid groups is 2. The summed E-state index contributed by atoms with van der Waals surface area (Å²) in [5.41, 5.74) is 0. The van der Waals surface area contributed by atoms with Crippen molar-refractivity contribution in [2.24, 2.45) is 23.7 Å². The Balaban J connectivity index is 5.25. The van der Waals surface area contributed by atoms with Gasteiger partial charge in [-0.3, -0.25) is 37.3 Å². The fraction of sp³-hybridized carbons (Fsp3) is 0.951. The maximum atomic E-state index is 13.1. The van der Waals surface area contributed by atoms with Gasteiger partial charge in [-0.1, -0.05) is 364 Å². The highest BCUT2D eigenvalue weighted by atomic mass is 31.2. The molecular formula is C81H158O17P2. The summed E-state index contributed by atoms with van der Waals surface area (Å²) in [5.74, 6) is 1.03. The maximum absolute atomic E-state index is 13.1. The number of carbonyl (C=O) groups is 4. The number of ether oxygens (including phenoxy) is 4. The quantitative estimate of drug-likeness (QED) is 0.0222. The molecule has 0 aromatic heterocycles. The van der Waals surface area contributed by atoms with Crippen molar-refractivity contribution in [1.29, 1.82) is 0 Å². The van der Waals surface area contributed by atoms with Crippen LogP contribution in [0.3, 0.4) is 0 Å². The predicted octanol–water partition coefficient (Wildman–Crippen LogP) is 24.0. The minimum Gasteiger partial charge on any atom is -0.462 e. The van der Waals surface area contributed by atoms with Crippen molar-refractivity contribution in [3.05, 3.63) is 0 Å². The fourth-order valence-electron chi connectivity index (χ4n) is 12.4. The minimum atomic E-state index is -4.96. The lowest BCUT2D eigenvalue weighted by atomic mass is 9.99. The second-order valence-corrected chi connectivity index (χ2v) is 33.5. The van der Waals surface area contributed by atoms with Gasteiger partial charge in [-0.25, -0.2) is 9.13 Å². The Kier molecular flexibility index (Phi) is 68.7. The van der Waals surface area contributed by atoms with Gasteiger partial charge in [0.15, 0.2) is 12.2 Å². The van der Waals surface area contributed by atoms with Crippen molar-refractivity contribution >= 4 is 39.5 Å². The van der Waals surface area contributed by atoms with Crippen LogP contribution in [0.1, 0.15) is 415 Å². The summed E-state index contributed by atoms with van der Waals surface area (Å²) >= 11 is 0. The number of esters is 4. The SMILES string of the molecule is CCC(C)CCCCCCCCCCCCC(=O)O[C@H](COC(=O)CCCCCCCCC(C)CC)COP(=O)(O)OC[C@H](O)COP(=O)(O)OC[C@@H](COC(=O)CCCCCCCCCCCCCCCCCC(C)C)OC(=O)CCCCCCCCCCCCCCCCCC(C)C. The Morgan fingerprint density at radius 3 is 0.710 bits per heavy atom. The van der Waals surface area contributed by atoms with Crippen LogP contribution in [0.4, 0.5) is 0 Å². The zero-order valence-electron chi connectivity index (χ0n) is 65.8. The maximum Gasteiger partial charge on any atom is 0.472 e. The summed E-state index contributed by atoms with van der Waals surface area (Å²) < 4.78 is 68.7. The van der Waals surface area contributed by atoms with Crippen LogP contribution in [0, 0.1) is 23.7 Å². The van der Waals surface area contributed by atoms with Crippen LogP contribution in [-0.2, 0) is 65.4 Å². The van der Waals surface area contributed by atoms with E-state index in [0.717, 1.165) is 120 Å². The van der Waals surface area contributed by atoms with E-state index in [0.29, 0.717) is 25.7 Å². The molecule has 0 aromatic carbocycles. The number of carbonyl (C=O) groups excluding carboxylic acids is 4. The molecule has 0 aliphatic rings. The molecular weight excluding hydrogens is 1310 g/mol. The third-order valence-electron chi connectivity index (χ3n) is 19.5. The molecule has 17 nitrogen and oxygen atoms in total. The highest BCUT2D eigenvalue weighted by Gasteiger charge is 2.30. The molecule has 7 atom stereocenters. The first-order valence-electron chi connectivity index (χ1n) is 41.8. The first kappa shape index (κ1) is 98.1. The van der Waals surface area contributed by atoms with Crippen LogP contribution in [0.2, 0.25) is 0 Å². The number of hydrogen-bond acceptors (Lipinski definition) is 15. The number of aliphatic hydroxyl groups is 1. The minimum absolute atomic E-state index is 0.105. The van der Waals surface area contributed by atoms with Crippen LogP contribution in [0.25, 0.3) is 0 Å². The van der Waals surface area contributed by atoms with Gasteiger partial charge >= 0.3 is 39.5 Å². The van der Waals surface area contributed by atoms with E-state index < -0.39 is 97.5 Å². The van der Waals surface area contributed by atoms with E-state index in [-0.39, 0.29) is 25.7 Å². The lowest BCUT2D eigenvalue weighted by Gasteiger charge is -2.21. The molecule has 0 spiro atoms. The zero-order valence-corrected chi connectivity index (χ0v) is 67.6. The molecule has 594 valence electrons. The van der Waals surface area contributed by atoms with Gasteiger partial charge in [-0.15, -0.1) is 0 Å². The summed E-state index contributed by atoms with van der Waals surface area (Å²) in [7, 11) is -9.92. The molecule has 0 rings (SSSR count). The Labute approximate surface area is 613 Å². The van der Waals surface area contributed by atoms with Crippen molar-refractivity contribution in [1.82, 2.24) is 0 Å². The van der Waals surface area contributed by atoms with Crippen molar-refractivity contribution in [2.75, 3.05) is 39.6 Å². The predicted molar refractivity (Wildman–Crippen MR) is 409 cm³/mol. The molecule has 0 radical (unpaired) electrons.